The molecule has 3 nitrogen and oxygen atoms in total. The van der Waals surface area contributed by atoms with Gasteiger partial charge < -0.3 is 0 Å². The third-order valence-electron chi connectivity index (χ3n) is 3.28. The standard InChI is InChI=1S/C17H21NO2S/c1-14-9-7-8-12-16(14)21(19,20)18-17(2,3)13-15-10-5-4-6-11-15/h4-12,18H,13H2,1-3H3. The second kappa shape index (κ2) is 6.00. The maximum absolute atomic E-state index is 12.5. The van der Waals surface area contributed by atoms with Gasteiger partial charge in [-0.25, -0.2) is 13.1 Å². The Bertz CT molecular complexity index is 707. The highest BCUT2D eigenvalue weighted by atomic mass is 32.2. The molecule has 112 valence electrons. The van der Waals surface area contributed by atoms with E-state index in [0.29, 0.717) is 11.3 Å². The Morgan fingerprint density at radius 3 is 2.14 bits per heavy atom. The summed E-state index contributed by atoms with van der Waals surface area (Å²) in [6, 6.07) is 16.9. The second-order valence-electron chi connectivity index (χ2n) is 5.92. The predicted molar refractivity (Wildman–Crippen MR) is 85.7 cm³/mol. The van der Waals surface area contributed by atoms with Gasteiger partial charge in [-0.3, -0.25) is 0 Å². The van der Waals surface area contributed by atoms with E-state index in [1.807, 2.05) is 50.2 Å². The minimum Gasteiger partial charge on any atom is -0.207 e. The van der Waals surface area contributed by atoms with Crippen LogP contribution in [0.15, 0.2) is 59.5 Å². The van der Waals surface area contributed by atoms with Crippen LogP contribution >= 0.6 is 0 Å². The fourth-order valence-corrected chi connectivity index (χ4v) is 4.08. The molecule has 0 atom stereocenters. The van der Waals surface area contributed by atoms with E-state index in [2.05, 4.69) is 4.72 Å². The average molecular weight is 303 g/mol. The first-order chi connectivity index (χ1) is 9.80. The van der Waals surface area contributed by atoms with E-state index in [4.69, 9.17) is 0 Å². The average Bonchev–Trinajstić information content (AvgIpc) is 2.38. The Balaban J connectivity index is 2.21. The van der Waals surface area contributed by atoms with Gasteiger partial charge in [-0.05, 0) is 44.4 Å². The number of aryl methyl sites for hydroxylation is 1. The Hall–Kier alpha value is -1.65. The summed E-state index contributed by atoms with van der Waals surface area (Å²) in [5.74, 6) is 0. The van der Waals surface area contributed by atoms with Crippen LogP contribution in [-0.2, 0) is 16.4 Å². The molecule has 0 spiro atoms. The maximum Gasteiger partial charge on any atom is 0.241 e. The van der Waals surface area contributed by atoms with Crippen LogP contribution in [-0.4, -0.2) is 14.0 Å². The summed E-state index contributed by atoms with van der Waals surface area (Å²) in [4.78, 5) is 0.339. The van der Waals surface area contributed by atoms with Crippen LogP contribution < -0.4 is 4.72 Å². The van der Waals surface area contributed by atoms with E-state index >= 15 is 0 Å². The lowest BCUT2D eigenvalue weighted by molar-refractivity contribution is 0.450. The molecule has 0 aliphatic rings. The summed E-state index contributed by atoms with van der Waals surface area (Å²) in [5, 5.41) is 0. The molecule has 2 rings (SSSR count). The molecule has 0 amide bonds. The van der Waals surface area contributed by atoms with Gasteiger partial charge >= 0.3 is 0 Å². The SMILES string of the molecule is Cc1ccccc1S(=O)(=O)NC(C)(C)Cc1ccccc1. The number of sulfonamides is 1. The van der Waals surface area contributed by atoms with Gasteiger partial charge in [0.25, 0.3) is 0 Å². The van der Waals surface area contributed by atoms with Gasteiger partial charge in [0.2, 0.25) is 10.0 Å². The van der Waals surface area contributed by atoms with Crippen molar-refractivity contribution in [1.29, 1.82) is 0 Å². The van der Waals surface area contributed by atoms with E-state index in [1.54, 1.807) is 25.1 Å². The molecule has 21 heavy (non-hydrogen) atoms. The Labute approximate surface area is 127 Å². The zero-order chi connectivity index (χ0) is 15.5. The first-order valence-electron chi connectivity index (χ1n) is 6.94. The Kier molecular flexibility index (Phi) is 4.49. The molecule has 4 heteroatoms. The summed E-state index contributed by atoms with van der Waals surface area (Å²) in [7, 11) is -3.52. The molecule has 0 aromatic heterocycles. The Morgan fingerprint density at radius 1 is 0.952 bits per heavy atom. The molecular formula is C17H21NO2S. The first kappa shape index (κ1) is 15.7. The van der Waals surface area contributed by atoms with Crippen LogP contribution in [0.1, 0.15) is 25.0 Å². The highest BCUT2D eigenvalue weighted by Crippen LogP contribution is 2.19. The number of nitrogens with one attached hydrogen (secondary N) is 1. The van der Waals surface area contributed by atoms with Crippen LogP contribution in [0.25, 0.3) is 0 Å². The quantitative estimate of drug-likeness (QED) is 0.921. The number of hydrogen-bond donors (Lipinski definition) is 1. The lowest BCUT2D eigenvalue weighted by Crippen LogP contribution is -2.45. The molecular weight excluding hydrogens is 282 g/mol. The van der Waals surface area contributed by atoms with Gasteiger partial charge in [0.05, 0.1) is 4.90 Å². The van der Waals surface area contributed by atoms with Crippen molar-refractivity contribution < 1.29 is 8.42 Å². The summed E-state index contributed by atoms with van der Waals surface area (Å²) in [6.45, 7) is 5.60. The summed E-state index contributed by atoms with van der Waals surface area (Å²) < 4.78 is 27.9. The fraction of sp³-hybridized carbons (Fsp3) is 0.294. The van der Waals surface area contributed by atoms with Crippen molar-refractivity contribution in [3.05, 3.63) is 65.7 Å². The molecule has 0 bridgehead atoms. The van der Waals surface area contributed by atoms with Gasteiger partial charge in [0.15, 0.2) is 0 Å². The topological polar surface area (TPSA) is 46.2 Å². The molecule has 2 aromatic rings. The lowest BCUT2D eigenvalue weighted by atomic mass is 9.96. The minimum absolute atomic E-state index is 0.339. The third-order valence-corrected chi connectivity index (χ3v) is 5.14. The van der Waals surface area contributed by atoms with Gasteiger partial charge in [-0.15, -0.1) is 0 Å². The minimum atomic E-state index is -3.52. The monoisotopic (exact) mass is 303 g/mol. The largest absolute Gasteiger partial charge is 0.241 e. The number of rotatable bonds is 5. The fourth-order valence-electron chi connectivity index (χ4n) is 2.42. The molecule has 0 aliphatic heterocycles. The van der Waals surface area contributed by atoms with E-state index in [1.165, 1.54) is 0 Å². The van der Waals surface area contributed by atoms with Gasteiger partial charge in [0.1, 0.15) is 0 Å². The van der Waals surface area contributed by atoms with Gasteiger partial charge in [0, 0.05) is 5.54 Å². The van der Waals surface area contributed by atoms with Crippen molar-refractivity contribution in [1.82, 2.24) is 4.72 Å². The van der Waals surface area contributed by atoms with Crippen molar-refractivity contribution >= 4 is 10.0 Å². The van der Waals surface area contributed by atoms with E-state index in [0.717, 1.165) is 11.1 Å². The molecule has 1 N–H and O–H groups in total. The highest BCUT2D eigenvalue weighted by Gasteiger charge is 2.27. The molecule has 0 fully saturated rings. The van der Waals surface area contributed by atoms with Crippen LogP contribution in [0.2, 0.25) is 0 Å². The lowest BCUT2D eigenvalue weighted by Gasteiger charge is -2.26. The van der Waals surface area contributed by atoms with Crippen LogP contribution in [0.5, 0.6) is 0 Å². The smallest absolute Gasteiger partial charge is 0.207 e. The van der Waals surface area contributed by atoms with Crippen molar-refractivity contribution in [2.75, 3.05) is 0 Å². The molecule has 0 aliphatic carbocycles. The summed E-state index contributed by atoms with van der Waals surface area (Å²) in [5.41, 5.74) is 1.30. The van der Waals surface area contributed by atoms with E-state index < -0.39 is 15.6 Å². The van der Waals surface area contributed by atoms with Gasteiger partial charge in [-0.1, -0.05) is 48.5 Å². The zero-order valence-corrected chi connectivity index (χ0v) is 13.4. The van der Waals surface area contributed by atoms with Gasteiger partial charge in [-0.2, -0.15) is 0 Å². The molecule has 0 radical (unpaired) electrons. The van der Waals surface area contributed by atoms with Crippen LogP contribution in [0, 0.1) is 6.92 Å². The van der Waals surface area contributed by atoms with Crippen molar-refractivity contribution in [3.63, 3.8) is 0 Å². The highest BCUT2D eigenvalue weighted by molar-refractivity contribution is 7.89. The summed E-state index contributed by atoms with van der Waals surface area (Å²) >= 11 is 0. The second-order valence-corrected chi connectivity index (χ2v) is 7.57. The molecule has 0 unspecified atom stereocenters. The molecule has 2 aromatic carbocycles. The third kappa shape index (κ3) is 4.16. The normalized spacial score (nSPS) is 12.3. The van der Waals surface area contributed by atoms with Crippen LogP contribution in [0.3, 0.4) is 0 Å². The van der Waals surface area contributed by atoms with Crippen molar-refractivity contribution in [2.24, 2.45) is 0 Å². The predicted octanol–water partition coefficient (Wildman–Crippen LogP) is 3.29. The first-order valence-corrected chi connectivity index (χ1v) is 8.42. The van der Waals surface area contributed by atoms with E-state index in [9.17, 15) is 8.42 Å². The number of benzene rings is 2. The summed E-state index contributed by atoms with van der Waals surface area (Å²) in [6.07, 6.45) is 0.638. The van der Waals surface area contributed by atoms with Crippen LogP contribution in [0.4, 0.5) is 0 Å². The number of hydrogen-bond acceptors (Lipinski definition) is 2. The maximum atomic E-state index is 12.5. The van der Waals surface area contributed by atoms with Crippen molar-refractivity contribution in [3.8, 4) is 0 Å². The van der Waals surface area contributed by atoms with E-state index in [-0.39, 0.29) is 0 Å². The molecule has 0 saturated carbocycles. The molecule has 0 heterocycles. The molecule has 0 saturated heterocycles. The van der Waals surface area contributed by atoms with Crippen molar-refractivity contribution in [2.45, 2.75) is 37.6 Å². The Morgan fingerprint density at radius 2 is 1.52 bits per heavy atom. The zero-order valence-electron chi connectivity index (χ0n) is 12.6.